The van der Waals surface area contributed by atoms with Crippen molar-refractivity contribution in [1.29, 1.82) is 0 Å². The average Bonchev–Trinajstić information content (AvgIpc) is 2.34. The minimum absolute atomic E-state index is 0.0547. The van der Waals surface area contributed by atoms with E-state index in [-0.39, 0.29) is 24.8 Å². The van der Waals surface area contributed by atoms with Crippen molar-refractivity contribution in [2.24, 2.45) is 0 Å². The van der Waals surface area contributed by atoms with Gasteiger partial charge in [-0.2, -0.15) is 0 Å². The topological polar surface area (TPSA) is 60.5 Å². The Hall–Kier alpha value is -1.53. The first-order valence-electron chi connectivity index (χ1n) is 5.17. The minimum atomic E-state index is -0.437. The van der Waals surface area contributed by atoms with Gasteiger partial charge in [0.25, 0.3) is 0 Å². The molecule has 6 heteroatoms. The fraction of sp³-hybridized carbons (Fsp3) is 0.455. The molecule has 0 aliphatic carbocycles. The predicted octanol–water partition coefficient (Wildman–Crippen LogP) is 0.500. The Kier molecular flexibility index (Phi) is 6.13. The van der Waals surface area contributed by atoms with Crippen molar-refractivity contribution in [2.75, 3.05) is 26.9 Å². The first kappa shape index (κ1) is 13.5. The average molecular weight is 242 g/mol. The predicted molar refractivity (Wildman–Crippen MR) is 58.7 cm³/mol. The van der Waals surface area contributed by atoms with Gasteiger partial charge in [-0.15, -0.1) is 0 Å². The van der Waals surface area contributed by atoms with Gasteiger partial charge in [0.2, 0.25) is 5.91 Å². The highest BCUT2D eigenvalue weighted by Gasteiger charge is 2.05. The Morgan fingerprint density at radius 3 is 3.06 bits per heavy atom. The number of carbonyl (C=O) groups is 1. The molecule has 0 saturated carbocycles. The first-order chi connectivity index (χ1) is 8.24. The second-order valence-electron chi connectivity index (χ2n) is 3.25. The summed E-state index contributed by atoms with van der Waals surface area (Å²) < 4.78 is 22.9. The van der Waals surface area contributed by atoms with Crippen LogP contribution >= 0.6 is 0 Å². The number of hydrogen-bond acceptors (Lipinski definition) is 4. The van der Waals surface area contributed by atoms with E-state index in [0.29, 0.717) is 13.2 Å². The molecule has 0 aliphatic rings. The number of halogens is 1. The van der Waals surface area contributed by atoms with Gasteiger partial charge < -0.3 is 14.8 Å². The summed E-state index contributed by atoms with van der Waals surface area (Å²) in [4.78, 5) is 15.1. The Balaban J connectivity index is 2.22. The van der Waals surface area contributed by atoms with Crippen molar-refractivity contribution < 1.29 is 18.7 Å². The largest absolute Gasteiger partial charge is 0.382 e. The maximum atomic E-state index is 13.1. The Morgan fingerprint density at radius 1 is 1.53 bits per heavy atom. The van der Waals surface area contributed by atoms with Gasteiger partial charge in [-0.1, -0.05) is 0 Å². The quantitative estimate of drug-likeness (QED) is 0.707. The molecule has 0 atom stereocenters. The Morgan fingerprint density at radius 2 is 2.35 bits per heavy atom. The third-order valence-corrected chi connectivity index (χ3v) is 1.95. The lowest BCUT2D eigenvalue weighted by atomic mass is 10.3. The van der Waals surface area contributed by atoms with E-state index < -0.39 is 5.82 Å². The fourth-order valence-electron chi connectivity index (χ4n) is 1.09. The highest BCUT2D eigenvalue weighted by Crippen LogP contribution is 2.01. The summed E-state index contributed by atoms with van der Waals surface area (Å²) in [5.74, 6) is -0.751. The molecule has 0 unspecified atom stereocenters. The number of hydrogen-bond donors (Lipinski definition) is 1. The number of pyridine rings is 1. The molecule has 0 aromatic carbocycles. The number of methoxy groups -OCH3 is 1. The van der Waals surface area contributed by atoms with Crippen molar-refractivity contribution in [3.8, 4) is 0 Å². The summed E-state index contributed by atoms with van der Waals surface area (Å²) in [6, 6.07) is 2.79. The summed E-state index contributed by atoms with van der Waals surface area (Å²) in [7, 11) is 1.55. The highest BCUT2D eigenvalue weighted by molar-refractivity contribution is 5.77. The molecular formula is C11H15FN2O3. The van der Waals surface area contributed by atoms with Crippen LogP contribution in [0.4, 0.5) is 4.39 Å². The molecule has 1 rings (SSSR count). The van der Waals surface area contributed by atoms with Crippen LogP contribution in [0, 0.1) is 5.82 Å². The van der Waals surface area contributed by atoms with E-state index in [2.05, 4.69) is 10.3 Å². The molecule has 1 amide bonds. The van der Waals surface area contributed by atoms with Gasteiger partial charge in [0.05, 0.1) is 25.5 Å². The zero-order valence-corrected chi connectivity index (χ0v) is 9.61. The molecular weight excluding hydrogens is 227 g/mol. The summed E-state index contributed by atoms with van der Waals surface area (Å²) in [6.07, 6.45) is 1.47. The third-order valence-electron chi connectivity index (χ3n) is 1.95. The second-order valence-corrected chi connectivity index (χ2v) is 3.25. The zero-order chi connectivity index (χ0) is 12.5. The van der Waals surface area contributed by atoms with Crippen molar-refractivity contribution >= 4 is 5.91 Å². The highest BCUT2D eigenvalue weighted by atomic mass is 19.1. The van der Waals surface area contributed by atoms with Crippen LogP contribution in [-0.2, 0) is 20.8 Å². The van der Waals surface area contributed by atoms with Gasteiger partial charge in [-0.25, -0.2) is 4.39 Å². The molecule has 1 N–H and O–H groups in total. The SMILES string of the molecule is COCCOCC(=O)NCc1ncccc1F. The molecule has 5 nitrogen and oxygen atoms in total. The fourth-order valence-corrected chi connectivity index (χ4v) is 1.09. The lowest BCUT2D eigenvalue weighted by molar-refractivity contribution is -0.126. The van der Waals surface area contributed by atoms with Crippen LogP contribution in [0.3, 0.4) is 0 Å². The summed E-state index contributed by atoms with van der Waals surface area (Å²) in [5.41, 5.74) is 0.206. The molecule has 0 aliphatic heterocycles. The maximum Gasteiger partial charge on any atom is 0.246 e. The molecule has 1 aromatic heterocycles. The van der Waals surface area contributed by atoms with Gasteiger partial charge in [0, 0.05) is 13.3 Å². The standard InChI is InChI=1S/C11H15FN2O3/c1-16-5-6-17-8-11(15)14-7-10-9(12)3-2-4-13-10/h2-4H,5-8H2,1H3,(H,14,15). The normalized spacial score (nSPS) is 10.2. The summed E-state index contributed by atoms with van der Waals surface area (Å²) in [5, 5.41) is 2.51. The lowest BCUT2D eigenvalue weighted by Gasteiger charge is -2.06. The minimum Gasteiger partial charge on any atom is -0.382 e. The summed E-state index contributed by atoms with van der Waals surface area (Å²) >= 11 is 0. The lowest BCUT2D eigenvalue weighted by Crippen LogP contribution is -2.28. The van der Waals surface area contributed by atoms with Crippen LogP contribution in [0.25, 0.3) is 0 Å². The van der Waals surface area contributed by atoms with E-state index in [4.69, 9.17) is 9.47 Å². The maximum absolute atomic E-state index is 13.1. The van der Waals surface area contributed by atoms with Crippen LogP contribution in [0.15, 0.2) is 18.3 Å². The van der Waals surface area contributed by atoms with Crippen LogP contribution in [0.2, 0.25) is 0 Å². The molecule has 0 spiro atoms. The van der Waals surface area contributed by atoms with Crippen LogP contribution in [0.1, 0.15) is 5.69 Å². The van der Waals surface area contributed by atoms with E-state index in [1.807, 2.05) is 0 Å². The summed E-state index contributed by atoms with van der Waals surface area (Å²) in [6.45, 7) is 0.765. The number of rotatable bonds is 7. The molecule has 94 valence electrons. The van der Waals surface area contributed by atoms with Gasteiger partial charge >= 0.3 is 0 Å². The third kappa shape index (κ3) is 5.37. The van der Waals surface area contributed by atoms with Gasteiger partial charge in [0.1, 0.15) is 12.4 Å². The second kappa shape index (κ2) is 7.70. The molecule has 0 saturated heterocycles. The molecule has 0 fully saturated rings. The number of aromatic nitrogens is 1. The van der Waals surface area contributed by atoms with E-state index in [0.717, 1.165) is 0 Å². The van der Waals surface area contributed by atoms with Gasteiger partial charge in [-0.05, 0) is 12.1 Å². The molecule has 1 aromatic rings. The van der Waals surface area contributed by atoms with Gasteiger partial charge in [0.15, 0.2) is 0 Å². The molecule has 1 heterocycles. The van der Waals surface area contributed by atoms with Crippen LogP contribution in [0.5, 0.6) is 0 Å². The molecule has 0 bridgehead atoms. The smallest absolute Gasteiger partial charge is 0.246 e. The molecule has 17 heavy (non-hydrogen) atoms. The van der Waals surface area contributed by atoms with Crippen LogP contribution < -0.4 is 5.32 Å². The number of nitrogens with zero attached hydrogens (tertiary/aromatic N) is 1. The van der Waals surface area contributed by atoms with Crippen molar-refractivity contribution in [3.05, 3.63) is 29.8 Å². The van der Waals surface area contributed by atoms with Crippen molar-refractivity contribution in [2.45, 2.75) is 6.54 Å². The van der Waals surface area contributed by atoms with Gasteiger partial charge in [-0.3, -0.25) is 9.78 Å². The zero-order valence-electron chi connectivity index (χ0n) is 9.61. The molecule has 0 radical (unpaired) electrons. The first-order valence-corrected chi connectivity index (χ1v) is 5.17. The van der Waals surface area contributed by atoms with E-state index in [9.17, 15) is 9.18 Å². The Bertz CT molecular complexity index is 360. The monoisotopic (exact) mass is 242 g/mol. The van der Waals surface area contributed by atoms with Crippen molar-refractivity contribution in [3.63, 3.8) is 0 Å². The Labute approximate surface area is 98.9 Å². The number of nitrogens with one attached hydrogen (secondary N) is 1. The van der Waals surface area contributed by atoms with E-state index in [1.54, 1.807) is 7.11 Å². The van der Waals surface area contributed by atoms with E-state index >= 15 is 0 Å². The van der Waals surface area contributed by atoms with E-state index in [1.165, 1.54) is 18.3 Å². The number of ether oxygens (including phenoxy) is 2. The number of amides is 1. The van der Waals surface area contributed by atoms with Crippen molar-refractivity contribution in [1.82, 2.24) is 10.3 Å². The number of carbonyl (C=O) groups excluding carboxylic acids is 1. The van der Waals surface area contributed by atoms with Crippen LogP contribution in [-0.4, -0.2) is 37.8 Å².